The van der Waals surface area contributed by atoms with Crippen molar-refractivity contribution in [3.63, 3.8) is 0 Å². The first-order valence-electron chi connectivity index (χ1n) is 8.97. The molecule has 2 aromatic carbocycles. The normalized spacial score (nSPS) is 11.0. The first kappa shape index (κ1) is 17.9. The van der Waals surface area contributed by atoms with Crippen molar-refractivity contribution in [2.24, 2.45) is 0 Å². The van der Waals surface area contributed by atoms with Crippen LogP contribution < -0.4 is 0 Å². The third-order valence-electron chi connectivity index (χ3n) is 4.81. The lowest BCUT2D eigenvalue weighted by atomic mass is 10.00. The van der Waals surface area contributed by atoms with Gasteiger partial charge in [0.1, 0.15) is 11.5 Å². The molecule has 0 radical (unpaired) electrons. The van der Waals surface area contributed by atoms with E-state index in [4.69, 9.17) is 4.74 Å². The molecule has 5 heteroatoms. The number of ether oxygens (including phenoxy) is 1. The van der Waals surface area contributed by atoms with Crippen LogP contribution in [0.5, 0.6) is 0 Å². The predicted molar refractivity (Wildman–Crippen MR) is 107 cm³/mol. The number of carbonyl (C=O) groups excluding carboxylic acids is 1. The van der Waals surface area contributed by atoms with Gasteiger partial charge in [0, 0.05) is 23.0 Å². The van der Waals surface area contributed by atoms with Crippen molar-refractivity contribution >= 4 is 16.9 Å². The van der Waals surface area contributed by atoms with E-state index in [2.05, 4.69) is 9.97 Å². The van der Waals surface area contributed by atoms with Gasteiger partial charge in [0.05, 0.1) is 12.8 Å². The highest BCUT2D eigenvalue weighted by molar-refractivity contribution is 5.92. The lowest BCUT2D eigenvalue weighted by Crippen LogP contribution is -2.06. The van der Waals surface area contributed by atoms with E-state index in [0.29, 0.717) is 12.0 Å². The number of hydrogen-bond acceptors (Lipinski definition) is 3. The number of esters is 1. The molecule has 0 saturated carbocycles. The van der Waals surface area contributed by atoms with E-state index in [1.54, 1.807) is 19.1 Å². The Labute approximate surface area is 162 Å². The number of methoxy groups -OCH3 is 1. The lowest BCUT2D eigenvalue weighted by molar-refractivity contribution is 0.0593. The van der Waals surface area contributed by atoms with Crippen LogP contribution in [0.4, 0.5) is 4.39 Å². The fourth-order valence-electron chi connectivity index (χ4n) is 3.39. The summed E-state index contributed by atoms with van der Waals surface area (Å²) in [7, 11) is 1.33. The molecule has 4 aromatic rings. The number of hydrogen-bond donors (Lipinski definition) is 1. The van der Waals surface area contributed by atoms with Crippen LogP contribution in [0.2, 0.25) is 0 Å². The summed E-state index contributed by atoms with van der Waals surface area (Å²) in [5.74, 6) is -0.715. The number of halogens is 1. The Balaban J connectivity index is 1.87. The maximum atomic E-state index is 14.1. The summed E-state index contributed by atoms with van der Waals surface area (Å²) in [4.78, 5) is 19.6. The molecule has 0 unspecified atom stereocenters. The zero-order chi connectivity index (χ0) is 19.7. The van der Waals surface area contributed by atoms with Gasteiger partial charge in [-0.05, 0) is 47.9 Å². The molecule has 1 N–H and O–H groups in total. The molecular weight excluding hydrogens is 355 g/mol. The number of aromatic nitrogens is 2. The first-order chi connectivity index (χ1) is 13.6. The average molecular weight is 374 g/mol. The molecule has 0 saturated heterocycles. The van der Waals surface area contributed by atoms with Gasteiger partial charge in [-0.2, -0.15) is 0 Å². The molecule has 28 heavy (non-hydrogen) atoms. The zero-order valence-electron chi connectivity index (χ0n) is 15.6. The number of aryl methyl sites for hydroxylation is 1. The summed E-state index contributed by atoms with van der Waals surface area (Å²) < 4.78 is 18.9. The second-order valence-corrected chi connectivity index (χ2v) is 6.67. The molecule has 0 spiro atoms. The van der Waals surface area contributed by atoms with Crippen LogP contribution in [0.3, 0.4) is 0 Å². The number of nitrogens with one attached hydrogen (secondary N) is 1. The number of aromatic amines is 1. The van der Waals surface area contributed by atoms with Crippen molar-refractivity contribution < 1.29 is 13.9 Å². The van der Waals surface area contributed by atoms with Crippen molar-refractivity contribution in [2.75, 3.05) is 7.11 Å². The third-order valence-corrected chi connectivity index (χ3v) is 4.81. The molecular formula is C23H19FN2O2. The second-order valence-electron chi connectivity index (χ2n) is 6.67. The molecule has 0 amide bonds. The van der Waals surface area contributed by atoms with Gasteiger partial charge in [-0.1, -0.05) is 36.4 Å². The summed E-state index contributed by atoms with van der Waals surface area (Å²) in [6.07, 6.45) is 0.500. The summed E-state index contributed by atoms with van der Waals surface area (Å²) >= 11 is 0. The van der Waals surface area contributed by atoms with E-state index in [0.717, 1.165) is 33.4 Å². The van der Waals surface area contributed by atoms with Crippen LogP contribution in [0.15, 0.2) is 60.7 Å². The number of fused-ring (bicyclic) bond motifs is 1. The number of benzene rings is 2. The highest BCUT2D eigenvalue weighted by Crippen LogP contribution is 2.33. The Kier molecular flexibility index (Phi) is 4.65. The maximum Gasteiger partial charge on any atom is 0.356 e. The Morgan fingerprint density at radius 3 is 2.64 bits per heavy atom. The number of carbonyl (C=O) groups is 1. The SMILES string of the molecule is COC(=O)c1cccc(Cc2c(-c3ccccc3)[nH]c3cc(F)c(C)cc23)n1. The van der Waals surface area contributed by atoms with Gasteiger partial charge in [-0.15, -0.1) is 0 Å². The van der Waals surface area contributed by atoms with Gasteiger partial charge < -0.3 is 9.72 Å². The van der Waals surface area contributed by atoms with Crippen LogP contribution in [-0.2, 0) is 11.2 Å². The zero-order valence-corrected chi connectivity index (χ0v) is 15.6. The molecule has 4 nitrogen and oxygen atoms in total. The molecule has 0 bridgehead atoms. The minimum Gasteiger partial charge on any atom is -0.464 e. The Morgan fingerprint density at radius 1 is 1.11 bits per heavy atom. The lowest BCUT2D eigenvalue weighted by Gasteiger charge is -2.07. The number of pyridine rings is 1. The van der Waals surface area contributed by atoms with Crippen molar-refractivity contribution in [3.05, 3.63) is 89.0 Å². The maximum absolute atomic E-state index is 14.1. The highest BCUT2D eigenvalue weighted by atomic mass is 19.1. The molecule has 0 aliphatic heterocycles. The minimum absolute atomic E-state index is 0.245. The van der Waals surface area contributed by atoms with Crippen LogP contribution in [-0.4, -0.2) is 23.0 Å². The molecule has 0 aliphatic carbocycles. The first-order valence-corrected chi connectivity index (χ1v) is 8.97. The van der Waals surface area contributed by atoms with E-state index in [1.165, 1.54) is 13.2 Å². The van der Waals surface area contributed by atoms with Crippen molar-refractivity contribution in [3.8, 4) is 11.3 Å². The van der Waals surface area contributed by atoms with Gasteiger partial charge >= 0.3 is 5.97 Å². The van der Waals surface area contributed by atoms with Crippen molar-refractivity contribution in [1.29, 1.82) is 0 Å². The van der Waals surface area contributed by atoms with Gasteiger partial charge in [0.15, 0.2) is 0 Å². The van der Waals surface area contributed by atoms with E-state index in [-0.39, 0.29) is 11.5 Å². The van der Waals surface area contributed by atoms with Crippen molar-refractivity contribution in [1.82, 2.24) is 9.97 Å². The molecule has 2 aromatic heterocycles. The van der Waals surface area contributed by atoms with Crippen LogP contribution in [0.25, 0.3) is 22.2 Å². The molecule has 0 fully saturated rings. The fourth-order valence-corrected chi connectivity index (χ4v) is 3.39. The number of H-pyrrole nitrogens is 1. The van der Waals surface area contributed by atoms with E-state index in [9.17, 15) is 9.18 Å². The van der Waals surface area contributed by atoms with Crippen LogP contribution in [0, 0.1) is 12.7 Å². The molecule has 4 rings (SSSR count). The van der Waals surface area contributed by atoms with Gasteiger partial charge in [0.2, 0.25) is 0 Å². The highest BCUT2D eigenvalue weighted by Gasteiger charge is 2.17. The second kappa shape index (κ2) is 7.27. The van der Waals surface area contributed by atoms with E-state index >= 15 is 0 Å². The largest absolute Gasteiger partial charge is 0.464 e. The molecule has 2 heterocycles. The van der Waals surface area contributed by atoms with E-state index < -0.39 is 5.97 Å². The minimum atomic E-state index is -0.470. The Hall–Kier alpha value is -3.47. The Morgan fingerprint density at radius 2 is 1.89 bits per heavy atom. The smallest absolute Gasteiger partial charge is 0.356 e. The standard InChI is InChI=1S/C23H19FN2O2/c1-14-11-17-18(12-16-9-6-10-20(25-16)23(27)28-2)22(15-7-4-3-5-8-15)26-21(17)13-19(14)24/h3-11,13,26H,12H2,1-2H3. The monoisotopic (exact) mass is 374 g/mol. The molecule has 0 aliphatic rings. The quantitative estimate of drug-likeness (QED) is 0.508. The summed E-state index contributed by atoms with van der Waals surface area (Å²) in [5.41, 5.74) is 5.27. The summed E-state index contributed by atoms with van der Waals surface area (Å²) in [6, 6.07) is 18.6. The van der Waals surface area contributed by atoms with E-state index in [1.807, 2.05) is 42.5 Å². The third kappa shape index (κ3) is 3.27. The van der Waals surface area contributed by atoms with Crippen LogP contribution >= 0.6 is 0 Å². The number of rotatable bonds is 4. The predicted octanol–water partition coefficient (Wildman–Crippen LogP) is 5.05. The molecule has 0 atom stereocenters. The summed E-state index contributed by atoms with van der Waals surface area (Å²) in [6.45, 7) is 1.75. The fraction of sp³-hybridized carbons (Fsp3) is 0.130. The average Bonchev–Trinajstić information content (AvgIpc) is 3.06. The van der Waals surface area contributed by atoms with Gasteiger partial charge in [-0.3, -0.25) is 0 Å². The van der Waals surface area contributed by atoms with Crippen molar-refractivity contribution in [2.45, 2.75) is 13.3 Å². The Bertz CT molecular complexity index is 1170. The number of nitrogens with zero attached hydrogens (tertiary/aromatic N) is 1. The van der Waals surface area contributed by atoms with Crippen LogP contribution in [0.1, 0.15) is 27.3 Å². The summed E-state index contributed by atoms with van der Waals surface area (Å²) in [5, 5.41) is 0.947. The van der Waals surface area contributed by atoms with Gasteiger partial charge in [0.25, 0.3) is 0 Å². The van der Waals surface area contributed by atoms with Gasteiger partial charge in [-0.25, -0.2) is 14.2 Å². The molecule has 140 valence electrons. The topological polar surface area (TPSA) is 55.0 Å².